The van der Waals surface area contributed by atoms with Crippen molar-refractivity contribution in [3.63, 3.8) is 0 Å². The van der Waals surface area contributed by atoms with Crippen LogP contribution >= 0.6 is 0 Å². The molecule has 2 amide bonds. The van der Waals surface area contributed by atoms with Gasteiger partial charge in [0.25, 0.3) is 11.8 Å². The summed E-state index contributed by atoms with van der Waals surface area (Å²) >= 11 is 0. The number of carbonyl (C=O) groups is 2. The number of benzene rings is 2. The van der Waals surface area contributed by atoms with Crippen LogP contribution in [-0.2, 0) is 11.0 Å². The van der Waals surface area contributed by atoms with Crippen LogP contribution in [-0.4, -0.2) is 23.8 Å². The Kier molecular flexibility index (Phi) is 4.08. The molecule has 0 aromatic heterocycles. The average molecular weight is 346 g/mol. The minimum absolute atomic E-state index is 0.0426. The number of alkyl halides is 3. The van der Waals surface area contributed by atoms with Gasteiger partial charge < -0.3 is 10.2 Å². The number of hydrogen-bond donors (Lipinski definition) is 1. The molecule has 2 aromatic rings. The third kappa shape index (κ3) is 3.26. The van der Waals surface area contributed by atoms with Gasteiger partial charge in [0, 0.05) is 7.05 Å². The molecule has 1 aliphatic rings. The number of amides is 2. The van der Waals surface area contributed by atoms with E-state index in [1.54, 1.807) is 24.3 Å². The highest BCUT2D eigenvalue weighted by Crippen LogP contribution is 2.30. The summed E-state index contributed by atoms with van der Waals surface area (Å²) in [6.07, 6.45) is -3.06. The summed E-state index contributed by atoms with van der Waals surface area (Å²) in [5.41, 5.74) is 0.371. The number of halogens is 3. The molecule has 1 aliphatic heterocycles. The van der Waals surface area contributed by atoms with Crippen molar-refractivity contribution < 1.29 is 22.8 Å². The van der Waals surface area contributed by atoms with Crippen molar-refractivity contribution in [2.75, 3.05) is 12.4 Å². The molecule has 2 aromatic carbocycles. The highest BCUT2D eigenvalue weighted by atomic mass is 19.4. The highest BCUT2D eigenvalue weighted by Gasteiger charge is 2.30. The van der Waals surface area contributed by atoms with Crippen LogP contribution in [0.15, 0.2) is 54.2 Å². The summed E-state index contributed by atoms with van der Waals surface area (Å²) in [7, 11) is 1.44. The van der Waals surface area contributed by atoms with E-state index in [0.717, 1.165) is 12.1 Å². The summed E-state index contributed by atoms with van der Waals surface area (Å²) in [6.45, 7) is 0. The largest absolute Gasteiger partial charge is 0.416 e. The number of rotatable bonds is 1. The van der Waals surface area contributed by atoms with E-state index in [9.17, 15) is 22.8 Å². The maximum absolute atomic E-state index is 12.6. The minimum atomic E-state index is -4.43. The smallest absolute Gasteiger partial charge is 0.320 e. The zero-order valence-corrected chi connectivity index (χ0v) is 13.1. The monoisotopic (exact) mass is 346 g/mol. The fourth-order valence-electron chi connectivity index (χ4n) is 2.50. The van der Waals surface area contributed by atoms with E-state index in [1.165, 1.54) is 30.2 Å². The molecule has 0 saturated carbocycles. The third-order valence-corrected chi connectivity index (χ3v) is 3.85. The van der Waals surface area contributed by atoms with Crippen molar-refractivity contribution in [1.29, 1.82) is 0 Å². The fourth-order valence-corrected chi connectivity index (χ4v) is 2.50. The Morgan fingerprint density at radius 3 is 2.28 bits per heavy atom. The summed E-state index contributed by atoms with van der Waals surface area (Å²) in [5.74, 6) is -0.896. The van der Waals surface area contributed by atoms with Gasteiger partial charge in [-0.2, -0.15) is 13.2 Å². The van der Waals surface area contributed by atoms with Gasteiger partial charge in [-0.15, -0.1) is 0 Å². The second-order valence-electron chi connectivity index (χ2n) is 5.51. The maximum Gasteiger partial charge on any atom is 0.416 e. The Morgan fingerprint density at radius 2 is 1.64 bits per heavy atom. The second kappa shape index (κ2) is 6.08. The predicted molar refractivity (Wildman–Crippen MR) is 86.6 cm³/mol. The van der Waals surface area contributed by atoms with Gasteiger partial charge in [-0.1, -0.05) is 24.3 Å². The molecule has 0 bridgehead atoms. The summed E-state index contributed by atoms with van der Waals surface area (Å²) < 4.78 is 37.9. The van der Waals surface area contributed by atoms with Gasteiger partial charge in [0.05, 0.1) is 16.8 Å². The van der Waals surface area contributed by atoms with Crippen LogP contribution in [0.5, 0.6) is 0 Å². The number of hydrogen-bond acceptors (Lipinski definition) is 2. The van der Waals surface area contributed by atoms with Gasteiger partial charge in [-0.3, -0.25) is 9.59 Å². The Balaban J connectivity index is 1.98. The lowest BCUT2D eigenvalue weighted by Gasteiger charge is -2.16. The van der Waals surface area contributed by atoms with Crippen LogP contribution in [0.1, 0.15) is 21.5 Å². The lowest BCUT2D eigenvalue weighted by atomic mass is 10.1. The van der Waals surface area contributed by atoms with Crippen molar-refractivity contribution in [1.82, 2.24) is 4.90 Å². The number of nitrogens with zero attached hydrogens (tertiary/aromatic N) is 1. The number of para-hydroxylation sites is 1. The first-order valence-electron chi connectivity index (χ1n) is 7.35. The number of carbonyl (C=O) groups excluding carboxylic acids is 2. The van der Waals surface area contributed by atoms with Crippen LogP contribution < -0.4 is 5.32 Å². The molecule has 4 nitrogen and oxygen atoms in total. The van der Waals surface area contributed by atoms with Crippen molar-refractivity contribution in [3.05, 3.63) is 70.9 Å². The standard InChI is InChI=1S/C18H13F3N2O2/c1-23-15(10-11-6-8-12(9-7-11)18(19,20)21)16(24)22-14-5-3-2-4-13(14)17(23)25/h2-10H,1H3,(H,22,24)/b15-10-. The van der Waals surface area contributed by atoms with Crippen molar-refractivity contribution >= 4 is 23.6 Å². The van der Waals surface area contributed by atoms with Crippen LogP contribution in [0.3, 0.4) is 0 Å². The SMILES string of the molecule is CN1C(=O)c2ccccc2NC(=O)/C1=C/c1ccc(C(F)(F)F)cc1. The number of fused-ring (bicyclic) bond motifs is 1. The van der Waals surface area contributed by atoms with Crippen LogP contribution in [0.2, 0.25) is 0 Å². The van der Waals surface area contributed by atoms with Gasteiger partial charge in [0.1, 0.15) is 5.70 Å². The van der Waals surface area contributed by atoms with E-state index >= 15 is 0 Å². The van der Waals surface area contributed by atoms with Crippen molar-refractivity contribution in [2.45, 2.75) is 6.18 Å². The molecule has 3 rings (SSSR count). The molecule has 1 heterocycles. The van der Waals surface area contributed by atoms with Crippen molar-refractivity contribution in [2.24, 2.45) is 0 Å². The van der Waals surface area contributed by atoms with E-state index in [4.69, 9.17) is 0 Å². The quantitative estimate of drug-likeness (QED) is 0.799. The first-order chi connectivity index (χ1) is 11.8. The van der Waals surface area contributed by atoms with Crippen molar-refractivity contribution in [3.8, 4) is 0 Å². The second-order valence-corrected chi connectivity index (χ2v) is 5.51. The zero-order valence-electron chi connectivity index (χ0n) is 13.1. The fraction of sp³-hybridized carbons (Fsp3) is 0.111. The zero-order chi connectivity index (χ0) is 18.2. The molecule has 0 radical (unpaired) electrons. The molecular formula is C18H13F3N2O2. The molecule has 0 fully saturated rings. The van der Waals surface area contributed by atoms with Gasteiger partial charge in [-0.05, 0) is 35.9 Å². The van der Waals surface area contributed by atoms with E-state index < -0.39 is 17.6 Å². The third-order valence-electron chi connectivity index (χ3n) is 3.85. The Labute approximate surface area is 141 Å². The average Bonchev–Trinajstić information content (AvgIpc) is 2.66. The molecule has 25 heavy (non-hydrogen) atoms. The molecular weight excluding hydrogens is 333 g/mol. The molecule has 0 spiro atoms. The molecule has 0 unspecified atom stereocenters. The molecule has 0 atom stereocenters. The van der Waals surface area contributed by atoms with E-state index in [-0.39, 0.29) is 11.6 Å². The predicted octanol–water partition coefficient (Wildman–Crippen LogP) is 3.77. The summed E-state index contributed by atoms with van der Waals surface area (Å²) in [5, 5.41) is 2.64. The Morgan fingerprint density at radius 1 is 1.00 bits per heavy atom. The molecule has 128 valence electrons. The number of nitrogens with one attached hydrogen (secondary N) is 1. The van der Waals surface area contributed by atoms with Gasteiger partial charge >= 0.3 is 6.18 Å². The van der Waals surface area contributed by atoms with Crippen LogP contribution in [0.4, 0.5) is 18.9 Å². The summed E-state index contributed by atoms with van der Waals surface area (Å²) in [6, 6.07) is 10.9. The first-order valence-corrected chi connectivity index (χ1v) is 7.35. The topological polar surface area (TPSA) is 49.4 Å². The molecule has 0 aliphatic carbocycles. The van der Waals surface area contributed by atoms with Gasteiger partial charge in [0.2, 0.25) is 0 Å². The van der Waals surface area contributed by atoms with Crippen LogP contribution in [0.25, 0.3) is 6.08 Å². The molecule has 1 N–H and O–H groups in total. The normalized spacial score (nSPS) is 16.5. The van der Waals surface area contributed by atoms with E-state index in [0.29, 0.717) is 16.8 Å². The molecule has 0 saturated heterocycles. The lowest BCUT2D eigenvalue weighted by molar-refractivity contribution is -0.137. The maximum atomic E-state index is 12.6. The Bertz CT molecular complexity index is 871. The van der Waals surface area contributed by atoms with E-state index in [1.807, 2.05) is 0 Å². The minimum Gasteiger partial charge on any atom is -0.320 e. The van der Waals surface area contributed by atoms with Crippen LogP contribution in [0, 0.1) is 0 Å². The van der Waals surface area contributed by atoms with Gasteiger partial charge in [-0.25, -0.2) is 0 Å². The number of anilines is 1. The molecule has 7 heteroatoms. The highest BCUT2D eigenvalue weighted by molar-refractivity contribution is 6.16. The number of likely N-dealkylation sites (N-methyl/N-ethyl adjacent to an activating group) is 1. The van der Waals surface area contributed by atoms with Gasteiger partial charge in [0.15, 0.2) is 0 Å². The summed E-state index contributed by atoms with van der Waals surface area (Å²) in [4.78, 5) is 26.1. The first kappa shape index (κ1) is 16.8. The Hall–Kier alpha value is -3.09. The van der Waals surface area contributed by atoms with E-state index in [2.05, 4.69) is 5.32 Å². The lowest BCUT2D eigenvalue weighted by Crippen LogP contribution is -2.29.